The molecule has 0 unspecified atom stereocenters. The van der Waals surface area contributed by atoms with E-state index in [0.717, 1.165) is 16.8 Å². The van der Waals surface area contributed by atoms with Crippen molar-refractivity contribution in [3.63, 3.8) is 0 Å². The molecule has 1 aliphatic heterocycles. The van der Waals surface area contributed by atoms with Crippen LogP contribution in [0.15, 0.2) is 42.5 Å². The van der Waals surface area contributed by atoms with Crippen LogP contribution in [0.1, 0.15) is 24.5 Å². The number of ether oxygens (including phenoxy) is 1. The van der Waals surface area contributed by atoms with Gasteiger partial charge in [-0.15, -0.1) is 11.6 Å². The number of halogens is 1. The molecule has 0 atom stereocenters. The summed E-state index contributed by atoms with van der Waals surface area (Å²) in [6.07, 6.45) is 3.61. The molecular weight excluding hydrogens is 352 g/mol. The predicted molar refractivity (Wildman–Crippen MR) is 105 cm³/mol. The second kappa shape index (κ2) is 8.06. The number of rotatable bonds is 4. The van der Waals surface area contributed by atoms with Crippen LogP contribution in [0.2, 0.25) is 0 Å². The molecule has 0 spiro atoms. The van der Waals surface area contributed by atoms with Crippen molar-refractivity contribution in [1.82, 2.24) is 0 Å². The van der Waals surface area contributed by atoms with Crippen LogP contribution in [0.4, 0.5) is 21.9 Å². The fraction of sp³-hybridized carbons (Fsp3) is 0.200. The summed E-state index contributed by atoms with van der Waals surface area (Å²) < 4.78 is 4.92. The van der Waals surface area contributed by atoms with Gasteiger partial charge < -0.3 is 4.74 Å². The number of hydrogen-bond acceptors (Lipinski definition) is 3. The molecule has 2 amide bonds. The van der Waals surface area contributed by atoms with E-state index < -0.39 is 6.09 Å². The number of alkyl halides is 1. The van der Waals surface area contributed by atoms with Gasteiger partial charge in [0, 0.05) is 18.0 Å². The number of para-hydroxylation sites is 1. The summed E-state index contributed by atoms with van der Waals surface area (Å²) in [7, 11) is 0. The van der Waals surface area contributed by atoms with Crippen molar-refractivity contribution >= 4 is 52.8 Å². The molecule has 1 heterocycles. The van der Waals surface area contributed by atoms with Crippen LogP contribution in [0, 0.1) is 0 Å². The molecule has 0 aliphatic carbocycles. The summed E-state index contributed by atoms with van der Waals surface area (Å²) in [6.45, 7) is 2.03. The van der Waals surface area contributed by atoms with Gasteiger partial charge in [-0.1, -0.05) is 36.4 Å². The fourth-order valence-corrected chi connectivity index (χ4v) is 3.01. The predicted octanol–water partition coefficient (Wildman–Crippen LogP) is 5.03. The summed E-state index contributed by atoms with van der Waals surface area (Å²) in [5.74, 6) is 0.131. The highest BCUT2D eigenvalue weighted by Gasteiger charge is 2.24. The van der Waals surface area contributed by atoms with Gasteiger partial charge in [0.25, 0.3) is 0 Å². The van der Waals surface area contributed by atoms with Crippen molar-refractivity contribution in [2.75, 3.05) is 22.7 Å². The molecule has 2 aromatic carbocycles. The minimum absolute atomic E-state index is 0.106. The minimum Gasteiger partial charge on any atom is -0.450 e. The third-order valence-corrected chi connectivity index (χ3v) is 4.16. The number of hydrogen-bond donors (Lipinski definition) is 1. The van der Waals surface area contributed by atoms with E-state index in [2.05, 4.69) is 5.32 Å². The lowest BCUT2D eigenvalue weighted by Gasteiger charge is -2.25. The molecule has 0 aromatic heterocycles. The van der Waals surface area contributed by atoms with Crippen LogP contribution >= 0.6 is 11.6 Å². The van der Waals surface area contributed by atoms with Crippen LogP contribution in [-0.2, 0) is 9.53 Å². The Balaban J connectivity index is 2.07. The molecule has 3 rings (SSSR count). The Labute approximate surface area is 157 Å². The highest BCUT2D eigenvalue weighted by molar-refractivity contribution is 6.20. The summed E-state index contributed by atoms with van der Waals surface area (Å²) in [4.78, 5) is 26.2. The van der Waals surface area contributed by atoms with Gasteiger partial charge in [-0.2, -0.15) is 0 Å². The van der Waals surface area contributed by atoms with E-state index in [4.69, 9.17) is 16.3 Å². The normalized spacial score (nSPS) is 12.0. The standard InChI is InChI=1S/C20H19ClN2O3/c1-2-26-20(25)22-16-10-9-15-8-7-14-5-3-4-6-17(14)23(18(15)13-16)19(24)11-12-21/h3-10,13H,2,11-12H2,1H3,(H,22,25). The molecule has 0 fully saturated rings. The first-order valence-corrected chi connectivity index (χ1v) is 8.91. The van der Waals surface area contributed by atoms with Gasteiger partial charge in [-0.25, -0.2) is 4.79 Å². The molecule has 134 valence electrons. The Bertz CT molecular complexity index is 864. The molecule has 5 nitrogen and oxygen atoms in total. The zero-order valence-electron chi connectivity index (χ0n) is 14.4. The van der Waals surface area contributed by atoms with Crippen molar-refractivity contribution in [1.29, 1.82) is 0 Å². The first kappa shape index (κ1) is 18.0. The number of nitrogens with one attached hydrogen (secondary N) is 1. The smallest absolute Gasteiger partial charge is 0.411 e. The first-order chi connectivity index (χ1) is 12.6. The molecule has 0 saturated heterocycles. The highest BCUT2D eigenvalue weighted by atomic mass is 35.5. The van der Waals surface area contributed by atoms with Crippen molar-refractivity contribution in [2.24, 2.45) is 0 Å². The summed E-state index contributed by atoms with van der Waals surface area (Å²) in [5, 5.41) is 2.68. The van der Waals surface area contributed by atoms with E-state index in [1.54, 1.807) is 24.0 Å². The number of carbonyl (C=O) groups excluding carboxylic acids is 2. The van der Waals surface area contributed by atoms with Crippen LogP contribution in [0.5, 0.6) is 0 Å². The molecule has 0 saturated carbocycles. The van der Waals surface area contributed by atoms with Crippen LogP contribution < -0.4 is 10.2 Å². The average Bonchev–Trinajstić information content (AvgIpc) is 2.78. The molecule has 6 heteroatoms. The lowest BCUT2D eigenvalue weighted by atomic mass is 10.1. The van der Waals surface area contributed by atoms with Gasteiger partial charge in [0.2, 0.25) is 5.91 Å². The third kappa shape index (κ3) is 3.73. The second-order valence-electron chi connectivity index (χ2n) is 5.68. The van der Waals surface area contributed by atoms with E-state index in [1.807, 2.05) is 42.5 Å². The quantitative estimate of drug-likeness (QED) is 0.767. The summed E-state index contributed by atoms with van der Waals surface area (Å²) >= 11 is 5.81. The zero-order chi connectivity index (χ0) is 18.5. The topological polar surface area (TPSA) is 58.6 Å². The van der Waals surface area contributed by atoms with E-state index in [9.17, 15) is 9.59 Å². The van der Waals surface area contributed by atoms with E-state index >= 15 is 0 Å². The number of nitrogens with zero attached hydrogens (tertiary/aromatic N) is 1. The molecule has 26 heavy (non-hydrogen) atoms. The number of anilines is 3. The number of carbonyl (C=O) groups is 2. The van der Waals surface area contributed by atoms with Crippen molar-refractivity contribution in [3.05, 3.63) is 53.6 Å². The largest absolute Gasteiger partial charge is 0.450 e. The maximum absolute atomic E-state index is 12.8. The van der Waals surface area contributed by atoms with Crippen molar-refractivity contribution in [3.8, 4) is 0 Å². The van der Waals surface area contributed by atoms with Gasteiger partial charge in [-0.3, -0.25) is 15.0 Å². The average molecular weight is 371 g/mol. The molecule has 0 radical (unpaired) electrons. The molecule has 2 aromatic rings. The Morgan fingerprint density at radius 1 is 1.08 bits per heavy atom. The SMILES string of the molecule is CCOC(=O)Nc1ccc2c(c1)N(C(=O)CCCl)c1ccccc1C=C2. The molecular formula is C20H19ClN2O3. The number of fused-ring (bicyclic) bond motifs is 2. The summed E-state index contributed by atoms with van der Waals surface area (Å²) in [6, 6.07) is 13.1. The maximum Gasteiger partial charge on any atom is 0.411 e. The number of amides is 2. The van der Waals surface area contributed by atoms with Crippen LogP contribution in [-0.4, -0.2) is 24.5 Å². The highest BCUT2D eigenvalue weighted by Crippen LogP contribution is 2.38. The van der Waals surface area contributed by atoms with E-state index in [0.29, 0.717) is 11.4 Å². The van der Waals surface area contributed by atoms with Gasteiger partial charge in [0.15, 0.2) is 0 Å². The monoisotopic (exact) mass is 370 g/mol. The Hall–Kier alpha value is -2.79. The molecule has 1 aliphatic rings. The second-order valence-corrected chi connectivity index (χ2v) is 6.06. The van der Waals surface area contributed by atoms with Crippen LogP contribution in [0.25, 0.3) is 12.2 Å². The fourth-order valence-electron chi connectivity index (χ4n) is 2.84. The van der Waals surface area contributed by atoms with Gasteiger partial charge >= 0.3 is 6.09 Å². The van der Waals surface area contributed by atoms with Crippen molar-refractivity contribution < 1.29 is 14.3 Å². The summed E-state index contributed by atoms with van der Waals surface area (Å²) in [5.41, 5.74) is 3.84. The van der Waals surface area contributed by atoms with Gasteiger partial charge in [0.1, 0.15) is 0 Å². The first-order valence-electron chi connectivity index (χ1n) is 8.38. The molecule has 0 bridgehead atoms. The van der Waals surface area contributed by atoms with E-state index in [-0.39, 0.29) is 24.8 Å². The maximum atomic E-state index is 12.8. The third-order valence-electron chi connectivity index (χ3n) is 3.97. The lowest BCUT2D eigenvalue weighted by molar-refractivity contribution is -0.117. The Morgan fingerprint density at radius 2 is 1.81 bits per heavy atom. The lowest BCUT2D eigenvalue weighted by Crippen LogP contribution is -2.27. The van der Waals surface area contributed by atoms with E-state index in [1.165, 1.54) is 0 Å². The Kier molecular flexibility index (Phi) is 5.58. The molecule has 1 N–H and O–H groups in total. The van der Waals surface area contributed by atoms with Crippen molar-refractivity contribution in [2.45, 2.75) is 13.3 Å². The van der Waals surface area contributed by atoms with Gasteiger partial charge in [-0.05, 0) is 36.2 Å². The number of benzene rings is 2. The Morgan fingerprint density at radius 3 is 2.54 bits per heavy atom. The van der Waals surface area contributed by atoms with Gasteiger partial charge in [0.05, 0.1) is 18.0 Å². The zero-order valence-corrected chi connectivity index (χ0v) is 15.1. The minimum atomic E-state index is -0.532. The van der Waals surface area contributed by atoms with Crippen LogP contribution in [0.3, 0.4) is 0 Å².